The van der Waals surface area contributed by atoms with E-state index in [2.05, 4.69) is 32.9 Å². The summed E-state index contributed by atoms with van der Waals surface area (Å²) in [6, 6.07) is 0. The van der Waals surface area contributed by atoms with Crippen molar-refractivity contribution in [3.8, 4) is 0 Å². The minimum atomic E-state index is 0.986. The number of unbranched alkanes of at least 4 members (excludes halogenated alkanes) is 1. The SMILES string of the molecule is CCC=CCCCC(CC)CCC. The minimum absolute atomic E-state index is 0.986. The summed E-state index contributed by atoms with van der Waals surface area (Å²) in [5.74, 6) is 0.986. The Morgan fingerprint density at radius 2 is 1.77 bits per heavy atom. The fourth-order valence-electron chi connectivity index (χ4n) is 1.77. The van der Waals surface area contributed by atoms with Crippen molar-refractivity contribution >= 4 is 0 Å². The fraction of sp³-hybridized carbons (Fsp3) is 0.846. The van der Waals surface area contributed by atoms with Crippen molar-refractivity contribution in [2.24, 2.45) is 5.92 Å². The molecule has 0 heteroatoms. The molecule has 0 rings (SSSR count). The molecule has 0 spiro atoms. The zero-order valence-electron chi connectivity index (χ0n) is 9.68. The molecule has 0 aromatic rings. The Labute approximate surface area is 84.4 Å². The van der Waals surface area contributed by atoms with E-state index < -0.39 is 0 Å². The first-order valence-electron chi connectivity index (χ1n) is 6.00. The summed E-state index contributed by atoms with van der Waals surface area (Å²) in [4.78, 5) is 0. The van der Waals surface area contributed by atoms with Crippen LogP contribution in [0.1, 0.15) is 65.7 Å². The molecule has 0 nitrogen and oxygen atoms in total. The van der Waals surface area contributed by atoms with Crippen LogP contribution in [0.5, 0.6) is 0 Å². The Kier molecular flexibility index (Phi) is 9.63. The molecule has 0 aliphatic rings. The molecular formula is C13H26. The van der Waals surface area contributed by atoms with Crippen LogP contribution in [-0.4, -0.2) is 0 Å². The van der Waals surface area contributed by atoms with Gasteiger partial charge in [0.25, 0.3) is 0 Å². The van der Waals surface area contributed by atoms with Crippen LogP contribution in [0.4, 0.5) is 0 Å². The Morgan fingerprint density at radius 1 is 1.00 bits per heavy atom. The summed E-state index contributed by atoms with van der Waals surface area (Å²) in [6.45, 7) is 6.81. The van der Waals surface area contributed by atoms with Crippen molar-refractivity contribution in [1.29, 1.82) is 0 Å². The maximum absolute atomic E-state index is 2.33. The lowest BCUT2D eigenvalue weighted by atomic mass is 9.94. The van der Waals surface area contributed by atoms with Crippen LogP contribution < -0.4 is 0 Å². The average Bonchev–Trinajstić information content (AvgIpc) is 2.16. The van der Waals surface area contributed by atoms with Gasteiger partial charge in [0, 0.05) is 0 Å². The van der Waals surface area contributed by atoms with Crippen molar-refractivity contribution in [2.45, 2.75) is 65.7 Å². The first kappa shape index (κ1) is 12.7. The number of allylic oxidation sites excluding steroid dienone is 2. The molecule has 78 valence electrons. The van der Waals surface area contributed by atoms with Gasteiger partial charge in [-0.05, 0) is 25.2 Å². The lowest BCUT2D eigenvalue weighted by Crippen LogP contribution is -1.97. The standard InChI is InChI=1S/C13H26/c1-4-7-8-9-10-12-13(6-3)11-5-2/h7-8,13H,4-6,9-12H2,1-3H3. The summed E-state index contributed by atoms with van der Waals surface area (Å²) in [5, 5.41) is 0. The highest BCUT2D eigenvalue weighted by molar-refractivity contribution is 4.79. The summed E-state index contributed by atoms with van der Waals surface area (Å²) in [7, 11) is 0. The van der Waals surface area contributed by atoms with Gasteiger partial charge in [-0.15, -0.1) is 0 Å². The second-order valence-electron chi connectivity index (χ2n) is 3.87. The molecule has 0 aromatic carbocycles. The smallest absolute Gasteiger partial charge is 0.0351 e. The summed E-state index contributed by atoms with van der Waals surface area (Å²) >= 11 is 0. The van der Waals surface area contributed by atoms with E-state index in [0.29, 0.717) is 0 Å². The van der Waals surface area contributed by atoms with Crippen molar-refractivity contribution < 1.29 is 0 Å². The van der Waals surface area contributed by atoms with Gasteiger partial charge in [0.2, 0.25) is 0 Å². The summed E-state index contributed by atoms with van der Waals surface area (Å²) in [6.07, 6.45) is 14.0. The van der Waals surface area contributed by atoms with Crippen LogP contribution in [0.2, 0.25) is 0 Å². The predicted molar refractivity (Wildman–Crippen MR) is 62.0 cm³/mol. The average molecular weight is 182 g/mol. The van der Waals surface area contributed by atoms with E-state index in [4.69, 9.17) is 0 Å². The molecule has 0 radical (unpaired) electrons. The van der Waals surface area contributed by atoms with Crippen LogP contribution in [-0.2, 0) is 0 Å². The number of hydrogen-bond donors (Lipinski definition) is 0. The van der Waals surface area contributed by atoms with Gasteiger partial charge in [-0.2, -0.15) is 0 Å². The Bertz CT molecular complexity index is 113. The Morgan fingerprint density at radius 3 is 2.31 bits per heavy atom. The highest BCUT2D eigenvalue weighted by atomic mass is 14.1. The van der Waals surface area contributed by atoms with Gasteiger partial charge in [0.15, 0.2) is 0 Å². The van der Waals surface area contributed by atoms with Gasteiger partial charge in [0.05, 0.1) is 0 Å². The first-order chi connectivity index (χ1) is 6.35. The second kappa shape index (κ2) is 9.83. The zero-order valence-corrected chi connectivity index (χ0v) is 9.68. The summed E-state index contributed by atoms with van der Waals surface area (Å²) < 4.78 is 0. The predicted octanol–water partition coefficient (Wildman–Crippen LogP) is 4.95. The lowest BCUT2D eigenvalue weighted by Gasteiger charge is -2.12. The van der Waals surface area contributed by atoms with E-state index in [1.54, 1.807) is 0 Å². The van der Waals surface area contributed by atoms with Gasteiger partial charge < -0.3 is 0 Å². The highest BCUT2D eigenvalue weighted by Crippen LogP contribution is 2.18. The maximum atomic E-state index is 2.33. The van der Waals surface area contributed by atoms with Crippen molar-refractivity contribution in [3.05, 3.63) is 12.2 Å². The molecule has 0 saturated heterocycles. The largest absolute Gasteiger partial charge is 0.0888 e. The first-order valence-corrected chi connectivity index (χ1v) is 6.00. The normalized spacial score (nSPS) is 13.8. The van der Waals surface area contributed by atoms with Crippen LogP contribution in [0.25, 0.3) is 0 Å². The third-order valence-corrected chi connectivity index (χ3v) is 2.66. The van der Waals surface area contributed by atoms with E-state index >= 15 is 0 Å². The van der Waals surface area contributed by atoms with E-state index in [0.717, 1.165) is 5.92 Å². The Hall–Kier alpha value is -0.260. The van der Waals surface area contributed by atoms with Crippen molar-refractivity contribution in [3.63, 3.8) is 0 Å². The quantitative estimate of drug-likeness (QED) is 0.368. The maximum Gasteiger partial charge on any atom is -0.0351 e. The van der Waals surface area contributed by atoms with E-state index in [1.165, 1.54) is 44.9 Å². The van der Waals surface area contributed by atoms with E-state index in [9.17, 15) is 0 Å². The van der Waals surface area contributed by atoms with Crippen LogP contribution in [0, 0.1) is 5.92 Å². The van der Waals surface area contributed by atoms with Crippen LogP contribution in [0.15, 0.2) is 12.2 Å². The third kappa shape index (κ3) is 8.08. The van der Waals surface area contributed by atoms with Crippen molar-refractivity contribution in [2.75, 3.05) is 0 Å². The Balaban J connectivity index is 3.32. The van der Waals surface area contributed by atoms with Gasteiger partial charge in [-0.25, -0.2) is 0 Å². The zero-order chi connectivity index (χ0) is 9.94. The molecule has 0 aromatic heterocycles. The minimum Gasteiger partial charge on any atom is -0.0888 e. The van der Waals surface area contributed by atoms with Gasteiger partial charge in [-0.1, -0.05) is 58.6 Å². The van der Waals surface area contributed by atoms with Gasteiger partial charge >= 0.3 is 0 Å². The monoisotopic (exact) mass is 182 g/mol. The molecule has 0 aliphatic carbocycles. The molecule has 0 heterocycles. The molecule has 0 amide bonds. The number of hydrogen-bond acceptors (Lipinski definition) is 0. The molecule has 0 fully saturated rings. The van der Waals surface area contributed by atoms with Gasteiger partial charge in [0.1, 0.15) is 0 Å². The highest BCUT2D eigenvalue weighted by Gasteiger charge is 2.02. The van der Waals surface area contributed by atoms with Gasteiger partial charge in [-0.3, -0.25) is 0 Å². The summed E-state index contributed by atoms with van der Waals surface area (Å²) in [5.41, 5.74) is 0. The van der Waals surface area contributed by atoms with Crippen LogP contribution >= 0.6 is 0 Å². The molecule has 13 heavy (non-hydrogen) atoms. The van der Waals surface area contributed by atoms with E-state index in [-0.39, 0.29) is 0 Å². The molecule has 0 aliphatic heterocycles. The van der Waals surface area contributed by atoms with Crippen molar-refractivity contribution in [1.82, 2.24) is 0 Å². The fourth-order valence-corrected chi connectivity index (χ4v) is 1.77. The van der Waals surface area contributed by atoms with Crippen LogP contribution in [0.3, 0.4) is 0 Å². The number of rotatable bonds is 8. The molecular weight excluding hydrogens is 156 g/mol. The molecule has 0 N–H and O–H groups in total. The van der Waals surface area contributed by atoms with E-state index in [1.807, 2.05) is 0 Å². The topological polar surface area (TPSA) is 0 Å². The molecule has 0 bridgehead atoms. The molecule has 1 atom stereocenters. The lowest BCUT2D eigenvalue weighted by molar-refractivity contribution is 0.421. The molecule has 0 saturated carbocycles. The third-order valence-electron chi connectivity index (χ3n) is 2.66. The molecule has 1 unspecified atom stereocenters. The second-order valence-corrected chi connectivity index (χ2v) is 3.87.